The molecule has 148 valence electrons. The molecule has 0 bridgehead atoms. The van der Waals surface area contributed by atoms with Crippen molar-refractivity contribution in [3.63, 3.8) is 0 Å². The van der Waals surface area contributed by atoms with Crippen LogP contribution in [0.5, 0.6) is 5.75 Å². The van der Waals surface area contributed by atoms with Crippen LogP contribution in [0.15, 0.2) is 70.8 Å². The Bertz CT molecular complexity index is 1140. The summed E-state index contributed by atoms with van der Waals surface area (Å²) in [5, 5.41) is 9.53. The molecule has 1 atom stereocenters. The van der Waals surface area contributed by atoms with Gasteiger partial charge in [0.25, 0.3) is 6.43 Å². The molecule has 2 aromatic carbocycles. The number of nitrogen functional groups attached to an aromatic ring is 2. The minimum absolute atomic E-state index is 0.0638. The summed E-state index contributed by atoms with van der Waals surface area (Å²) < 4.78 is 59.5. The number of alkyl halides is 4. The van der Waals surface area contributed by atoms with Gasteiger partial charge >= 0.3 is 5.92 Å². The molecule has 5 N–H and O–H groups in total. The van der Waals surface area contributed by atoms with Crippen molar-refractivity contribution in [1.29, 1.82) is 0 Å². The van der Waals surface area contributed by atoms with E-state index in [-0.39, 0.29) is 22.8 Å². The Morgan fingerprint density at radius 1 is 1.03 bits per heavy atom. The highest BCUT2D eigenvalue weighted by molar-refractivity contribution is 5.74. The maximum atomic E-state index is 13.5. The first-order valence-corrected chi connectivity index (χ1v) is 8.48. The lowest BCUT2D eigenvalue weighted by Crippen LogP contribution is -2.49. The van der Waals surface area contributed by atoms with Crippen LogP contribution in [0.25, 0.3) is 11.1 Å². The van der Waals surface area contributed by atoms with E-state index in [4.69, 9.17) is 16.2 Å². The fourth-order valence-corrected chi connectivity index (χ4v) is 3.12. The van der Waals surface area contributed by atoms with Crippen LogP contribution in [-0.4, -0.2) is 17.1 Å². The van der Waals surface area contributed by atoms with E-state index in [1.54, 1.807) is 24.3 Å². The Labute approximate surface area is 162 Å². The number of aliphatic hydroxyl groups is 1. The van der Waals surface area contributed by atoms with Crippen LogP contribution >= 0.6 is 0 Å². The first-order chi connectivity index (χ1) is 13.7. The van der Waals surface area contributed by atoms with Gasteiger partial charge in [-0.2, -0.15) is 8.78 Å². The zero-order valence-electron chi connectivity index (χ0n) is 14.7. The predicted molar refractivity (Wildman–Crippen MR) is 99.4 cm³/mol. The summed E-state index contributed by atoms with van der Waals surface area (Å²) in [6.07, 6.45) is -3.69. The third kappa shape index (κ3) is 3.09. The molecule has 8 heteroatoms. The molecule has 0 saturated heterocycles. The lowest BCUT2D eigenvalue weighted by atomic mass is 9.77. The summed E-state index contributed by atoms with van der Waals surface area (Å²) in [4.78, 5) is 0. The molecule has 0 amide bonds. The molecule has 0 spiro atoms. The van der Waals surface area contributed by atoms with Crippen molar-refractivity contribution in [3.8, 4) is 16.9 Å². The van der Waals surface area contributed by atoms with Gasteiger partial charge in [-0.3, -0.25) is 0 Å². The largest absolute Gasteiger partial charge is 0.446 e. The molecular weight excluding hydrogens is 388 g/mol. The lowest BCUT2D eigenvalue weighted by Gasteiger charge is -2.37. The van der Waals surface area contributed by atoms with E-state index in [0.29, 0.717) is 16.8 Å². The van der Waals surface area contributed by atoms with E-state index in [2.05, 4.69) is 11.5 Å². The number of allylic oxidation sites excluding steroid dienone is 1. The van der Waals surface area contributed by atoms with Crippen molar-refractivity contribution in [1.82, 2.24) is 0 Å². The highest BCUT2D eigenvalue weighted by Crippen LogP contribution is 2.48. The van der Waals surface area contributed by atoms with E-state index < -0.39 is 29.6 Å². The number of nitrogens with two attached hydrogens (primary N) is 2. The van der Waals surface area contributed by atoms with E-state index in [9.17, 15) is 22.7 Å². The van der Waals surface area contributed by atoms with Gasteiger partial charge < -0.3 is 21.3 Å². The van der Waals surface area contributed by atoms with Gasteiger partial charge in [0.15, 0.2) is 11.5 Å². The van der Waals surface area contributed by atoms with Crippen LogP contribution in [-0.2, 0) is 0 Å². The number of hydrogen-bond donors (Lipinski definition) is 3. The van der Waals surface area contributed by atoms with E-state index >= 15 is 0 Å². The van der Waals surface area contributed by atoms with Gasteiger partial charge in [0, 0.05) is 16.8 Å². The molecule has 0 aliphatic heterocycles. The number of rotatable bonds is 4. The van der Waals surface area contributed by atoms with Gasteiger partial charge in [-0.1, -0.05) is 17.9 Å². The minimum atomic E-state index is -3.40. The standard InChI is InChI=1S/C21H14F4N2O2/c22-20(23)15-7-11(10-1-3-12(26)4-2-10)8-17(18(15)27)29-13-5-6-16-14(9-13)19(28)21(16,24)25/h1-4,7-9,19-20,28H,26-27H2. The molecule has 0 radical (unpaired) electrons. The Morgan fingerprint density at radius 3 is 2.38 bits per heavy atom. The Hall–Kier alpha value is -3.44. The number of ether oxygens (including phenoxy) is 1. The molecule has 2 aliphatic carbocycles. The average molecular weight is 402 g/mol. The van der Waals surface area contributed by atoms with Crippen LogP contribution in [0.4, 0.5) is 28.9 Å². The number of benzene rings is 2. The molecule has 0 aromatic heterocycles. The molecule has 1 saturated carbocycles. The highest BCUT2D eigenvalue weighted by atomic mass is 19.3. The van der Waals surface area contributed by atoms with Gasteiger partial charge in [0.05, 0.1) is 11.3 Å². The second kappa shape index (κ2) is 6.57. The lowest BCUT2D eigenvalue weighted by molar-refractivity contribution is -0.0914. The predicted octanol–water partition coefficient (Wildman–Crippen LogP) is 4.35. The molecule has 4 rings (SSSR count). The smallest absolute Gasteiger partial charge is 0.310 e. The number of aliphatic hydroxyl groups excluding tert-OH is 1. The van der Waals surface area contributed by atoms with E-state index in [1.165, 1.54) is 12.1 Å². The van der Waals surface area contributed by atoms with E-state index in [0.717, 1.165) is 6.08 Å². The highest BCUT2D eigenvalue weighted by Gasteiger charge is 2.57. The molecule has 2 aliphatic rings. The number of fused-ring (bicyclic) bond motifs is 1. The fourth-order valence-electron chi connectivity index (χ4n) is 3.12. The average Bonchev–Trinajstić information content (AvgIpc) is 2.69. The first kappa shape index (κ1) is 18.9. The maximum Gasteiger partial charge on any atom is 0.310 e. The summed E-state index contributed by atoms with van der Waals surface area (Å²) in [6.45, 7) is 0. The topological polar surface area (TPSA) is 81.5 Å². The summed E-state index contributed by atoms with van der Waals surface area (Å²) in [6, 6.07) is 9.25. The summed E-state index contributed by atoms with van der Waals surface area (Å²) in [5.74, 6) is -3.58. The number of halogens is 4. The third-order valence-corrected chi connectivity index (χ3v) is 4.73. The third-order valence-electron chi connectivity index (χ3n) is 4.73. The van der Waals surface area contributed by atoms with Crippen molar-refractivity contribution in [2.75, 3.05) is 11.5 Å². The number of anilines is 2. The molecule has 0 heterocycles. The molecule has 1 unspecified atom stereocenters. The first-order valence-electron chi connectivity index (χ1n) is 8.48. The van der Waals surface area contributed by atoms with Gasteiger partial charge in [-0.15, -0.1) is 0 Å². The van der Waals surface area contributed by atoms with Crippen LogP contribution in [0.2, 0.25) is 0 Å². The van der Waals surface area contributed by atoms with Gasteiger partial charge in [0.1, 0.15) is 6.10 Å². The molecule has 29 heavy (non-hydrogen) atoms. The summed E-state index contributed by atoms with van der Waals surface area (Å²) in [7, 11) is 0. The summed E-state index contributed by atoms with van der Waals surface area (Å²) >= 11 is 0. The van der Waals surface area contributed by atoms with Gasteiger partial charge in [-0.05, 0) is 47.2 Å². The quantitative estimate of drug-likeness (QED) is 0.404. The Balaban J connectivity index is 1.77. The van der Waals surface area contributed by atoms with E-state index in [1.807, 2.05) is 0 Å². The molecule has 1 fully saturated rings. The van der Waals surface area contributed by atoms with Crippen LogP contribution in [0.1, 0.15) is 12.0 Å². The minimum Gasteiger partial charge on any atom is -0.446 e. The van der Waals surface area contributed by atoms with Crippen molar-refractivity contribution in [2.24, 2.45) is 0 Å². The van der Waals surface area contributed by atoms with Crippen LogP contribution in [0.3, 0.4) is 0 Å². The Kier molecular flexibility index (Phi) is 4.28. The molecule has 4 nitrogen and oxygen atoms in total. The second-order valence-corrected chi connectivity index (χ2v) is 6.62. The zero-order chi connectivity index (χ0) is 20.9. The van der Waals surface area contributed by atoms with Crippen molar-refractivity contribution in [2.45, 2.75) is 18.5 Å². The molecular formula is C21H14F4N2O2. The van der Waals surface area contributed by atoms with Crippen molar-refractivity contribution >= 4 is 11.4 Å². The normalized spacial score (nSPS) is 19.1. The van der Waals surface area contributed by atoms with Crippen molar-refractivity contribution in [3.05, 3.63) is 76.4 Å². The second-order valence-electron chi connectivity index (χ2n) is 6.62. The number of hydrogen-bond acceptors (Lipinski definition) is 4. The molecule has 2 aromatic rings. The van der Waals surface area contributed by atoms with Crippen molar-refractivity contribution < 1.29 is 27.4 Å². The zero-order valence-corrected chi connectivity index (χ0v) is 14.7. The monoisotopic (exact) mass is 402 g/mol. The van der Waals surface area contributed by atoms with Gasteiger partial charge in [-0.25, -0.2) is 8.78 Å². The van der Waals surface area contributed by atoms with Gasteiger partial charge in [0.2, 0.25) is 0 Å². The van der Waals surface area contributed by atoms with Crippen LogP contribution < -0.4 is 16.2 Å². The maximum absolute atomic E-state index is 13.5. The fraction of sp³-hybridized carbons (Fsp3) is 0.143. The Morgan fingerprint density at radius 2 is 1.72 bits per heavy atom. The SMILES string of the molecule is Nc1ccc(-c2cc(OC3=C=C=C4C(=C3)C(O)C4(F)F)c(N)c(C(F)F)c2)cc1. The summed E-state index contributed by atoms with van der Waals surface area (Å²) in [5.41, 5.74) is 16.4. The van der Waals surface area contributed by atoms with Crippen LogP contribution in [0, 0.1) is 0 Å².